The second kappa shape index (κ2) is 13.7. The van der Waals surface area contributed by atoms with Crippen molar-refractivity contribution >= 4 is 36.1 Å². The number of esters is 3. The molecule has 0 aliphatic carbocycles. The number of ether oxygens (including phenoxy) is 3. The first-order chi connectivity index (χ1) is 19.0. The normalized spacial score (nSPS) is 11.1. The van der Waals surface area contributed by atoms with E-state index in [-0.39, 0.29) is 17.2 Å². The summed E-state index contributed by atoms with van der Waals surface area (Å²) >= 11 is 0. The SMILES string of the molecule is O=C(/C=C/c1ccccc1)Oc1cc(OC(=O)/C=C/c2ccccc2)cc(OC(=O)/C=C/c2ccccc2)c1. The highest BCUT2D eigenvalue weighted by Gasteiger charge is 2.12. The summed E-state index contributed by atoms with van der Waals surface area (Å²) in [5.41, 5.74) is 2.46. The third kappa shape index (κ3) is 9.15. The van der Waals surface area contributed by atoms with Crippen LogP contribution in [0.2, 0.25) is 0 Å². The van der Waals surface area contributed by atoms with Crippen molar-refractivity contribution in [2.24, 2.45) is 0 Å². The van der Waals surface area contributed by atoms with Gasteiger partial charge in [0.05, 0.1) is 0 Å². The van der Waals surface area contributed by atoms with Gasteiger partial charge in [-0.1, -0.05) is 91.0 Å². The second-order valence-electron chi connectivity index (χ2n) is 8.14. The molecule has 0 aromatic heterocycles. The first-order valence-electron chi connectivity index (χ1n) is 12.0. The van der Waals surface area contributed by atoms with Gasteiger partial charge in [-0.25, -0.2) is 14.4 Å². The maximum Gasteiger partial charge on any atom is 0.336 e. The highest BCUT2D eigenvalue weighted by atomic mass is 16.6. The molecule has 192 valence electrons. The van der Waals surface area contributed by atoms with Crippen LogP contribution in [0.25, 0.3) is 18.2 Å². The molecule has 0 aliphatic heterocycles. The molecule has 4 aromatic carbocycles. The van der Waals surface area contributed by atoms with Crippen LogP contribution in [0.15, 0.2) is 127 Å². The Labute approximate surface area is 226 Å². The van der Waals surface area contributed by atoms with Crippen LogP contribution < -0.4 is 14.2 Å². The maximum absolute atomic E-state index is 12.4. The molecule has 0 radical (unpaired) electrons. The molecule has 4 aromatic rings. The summed E-state index contributed by atoms with van der Waals surface area (Å²) in [6, 6.07) is 31.8. The zero-order chi connectivity index (χ0) is 27.3. The molecule has 0 bridgehead atoms. The first kappa shape index (κ1) is 26.6. The van der Waals surface area contributed by atoms with Gasteiger partial charge in [0.15, 0.2) is 0 Å². The van der Waals surface area contributed by atoms with Gasteiger partial charge in [0.2, 0.25) is 0 Å². The molecular formula is C33H24O6. The summed E-state index contributed by atoms with van der Waals surface area (Å²) < 4.78 is 16.2. The highest BCUT2D eigenvalue weighted by Crippen LogP contribution is 2.29. The van der Waals surface area contributed by atoms with Gasteiger partial charge in [0.25, 0.3) is 0 Å². The van der Waals surface area contributed by atoms with E-state index in [1.54, 1.807) is 18.2 Å². The molecule has 0 fully saturated rings. The van der Waals surface area contributed by atoms with Crippen molar-refractivity contribution in [3.8, 4) is 17.2 Å². The van der Waals surface area contributed by atoms with Crippen LogP contribution in [0.3, 0.4) is 0 Å². The van der Waals surface area contributed by atoms with Crippen molar-refractivity contribution in [1.82, 2.24) is 0 Å². The Kier molecular flexibility index (Phi) is 9.34. The van der Waals surface area contributed by atoms with Crippen molar-refractivity contribution in [3.63, 3.8) is 0 Å². The predicted octanol–water partition coefficient (Wildman–Crippen LogP) is 6.54. The Hall–Kier alpha value is -5.49. The molecule has 0 N–H and O–H groups in total. The molecule has 0 saturated heterocycles. The lowest BCUT2D eigenvalue weighted by Gasteiger charge is -2.09. The zero-order valence-corrected chi connectivity index (χ0v) is 20.8. The van der Waals surface area contributed by atoms with E-state index in [0.717, 1.165) is 16.7 Å². The molecule has 0 amide bonds. The summed E-state index contributed by atoms with van der Waals surface area (Å²) in [7, 11) is 0. The van der Waals surface area contributed by atoms with Gasteiger partial charge in [-0.3, -0.25) is 0 Å². The number of hydrogen-bond donors (Lipinski definition) is 0. The molecule has 6 nitrogen and oxygen atoms in total. The van der Waals surface area contributed by atoms with E-state index in [9.17, 15) is 14.4 Å². The lowest BCUT2D eigenvalue weighted by molar-refractivity contribution is -0.129. The van der Waals surface area contributed by atoms with Crippen LogP contribution >= 0.6 is 0 Å². The van der Waals surface area contributed by atoms with Gasteiger partial charge in [0, 0.05) is 36.4 Å². The van der Waals surface area contributed by atoms with Crippen LogP contribution in [0, 0.1) is 0 Å². The quantitative estimate of drug-likeness (QED) is 0.143. The van der Waals surface area contributed by atoms with E-state index in [0.29, 0.717) is 0 Å². The Morgan fingerprint density at radius 1 is 0.410 bits per heavy atom. The molecule has 0 spiro atoms. The minimum absolute atomic E-state index is 0.0323. The lowest BCUT2D eigenvalue weighted by atomic mass is 10.2. The number of benzene rings is 4. The molecule has 4 rings (SSSR count). The van der Waals surface area contributed by atoms with E-state index < -0.39 is 17.9 Å². The van der Waals surface area contributed by atoms with Crippen LogP contribution in [0.1, 0.15) is 16.7 Å². The third-order valence-electron chi connectivity index (χ3n) is 5.14. The molecular weight excluding hydrogens is 492 g/mol. The number of hydrogen-bond acceptors (Lipinski definition) is 6. The molecule has 39 heavy (non-hydrogen) atoms. The van der Waals surface area contributed by atoms with Crippen molar-refractivity contribution in [1.29, 1.82) is 0 Å². The van der Waals surface area contributed by atoms with Crippen molar-refractivity contribution in [3.05, 3.63) is 144 Å². The van der Waals surface area contributed by atoms with Crippen molar-refractivity contribution in [2.75, 3.05) is 0 Å². The van der Waals surface area contributed by atoms with Crippen LogP contribution in [-0.2, 0) is 14.4 Å². The molecule has 0 aliphatic rings. The first-order valence-corrected chi connectivity index (χ1v) is 12.0. The van der Waals surface area contributed by atoms with Gasteiger partial charge in [-0.15, -0.1) is 0 Å². The average molecular weight is 517 g/mol. The Morgan fingerprint density at radius 3 is 0.923 bits per heavy atom. The summed E-state index contributed by atoms with van der Waals surface area (Å²) in [4.78, 5) is 37.3. The Morgan fingerprint density at radius 2 is 0.667 bits per heavy atom. The lowest BCUT2D eigenvalue weighted by Crippen LogP contribution is -2.08. The van der Waals surface area contributed by atoms with Crippen LogP contribution in [-0.4, -0.2) is 17.9 Å². The summed E-state index contributed by atoms with van der Waals surface area (Å²) in [6.07, 6.45) is 8.63. The molecule has 0 saturated carbocycles. The Bertz CT molecular complexity index is 1310. The fourth-order valence-electron chi connectivity index (χ4n) is 3.36. The van der Waals surface area contributed by atoms with Crippen LogP contribution in [0.4, 0.5) is 0 Å². The monoisotopic (exact) mass is 516 g/mol. The summed E-state index contributed by atoms with van der Waals surface area (Å²) in [5, 5.41) is 0. The second-order valence-corrected chi connectivity index (χ2v) is 8.14. The van der Waals surface area contributed by atoms with Gasteiger partial charge in [-0.2, -0.15) is 0 Å². The molecule has 0 unspecified atom stereocenters. The Balaban J connectivity index is 1.50. The van der Waals surface area contributed by atoms with Crippen molar-refractivity contribution < 1.29 is 28.6 Å². The average Bonchev–Trinajstić information content (AvgIpc) is 2.95. The fourth-order valence-corrected chi connectivity index (χ4v) is 3.36. The maximum atomic E-state index is 12.4. The van der Waals surface area contributed by atoms with Crippen LogP contribution in [0.5, 0.6) is 17.2 Å². The topological polar surface area (TPSA) is 78.9 Å². The van der Waals surface area contributed by atoms with Gasteiger partial charge in [-0.05, 0) is 34.9 Å². The van der Waals surface area contributed by atoms with Gasteiger partial charge >= 0.3 is 17.9 Å². The summed E-state index contributed by atoms with van der Waals surface area (Å²) in [5.74, 6) is -1.88. The third-order valence-corrected chi connectivity index (χ3v) is 5.14. The zero-order valence-electron chi connectivity index (χ0n) is 20.8. The van der Waals surface area contributed by atoms with Gasteiger partial charge in [0.1, 0.15) is 17.2 Å². The van der Waals surface area contributed by atoms with E-state index in [2.05, 4.69) is 0 Å². The minimum Gasteiger partial charge on any atom is -0.423 e. The fraction of sp³-hybridized carbons (Fsp3) is 0. The van der Waals surface area contributed by atoms with Crippen molar-refractivity contribution in [2.45, 2.75) is 0 Å². The molecule has 0 heterocycles. The number of rotatable bonds is 9. The number of carbonyl (C=O) groups is 3. The van der Waals surface area contributed by atoms with E-state index in [4.69, 9.17) is 14.2 Å². The minimum atomic E-state index is -0.660. The van der Waals surface area contributed by atoms with E-state index >= 15 is 0 Å². The largest absolute Gasteiger partial charge is 0.423 e. The standard InChI is InChI=1S/C33H24O6/c34-31(19-16-25-10-4-1-5-11-25)37-28-22-29(38-32(35)20-17-26-12-6-2-7-13-26)24-30(23-28)39-33(36)21-18-27-14-8-3-9-15-27/h1-24H/b19-16+,20-17+,21-18+. The molecule has 6 heteroatoms. The van der Waals surface area contributed by atoms with E-state index in [1.165, 1.54) is 36.4 Å². The van der Waals surface area contributed by atoms with Gasteiger partial charge < -0.3 is 14.2 Å². The highest BCUT2D eigenvalue weighted by molar-refractivity contribution is 5.91. The number of carbonyl (C=O) groups excluding carboxylic acids is 3. The molecule has 0 atom stereocenters. The van der Waals surface area contributed by atoms with E-state index in [1.807, 2.05) is 91.0 Å². The predicted molar refractivity (Wildman–Crippen MR) is 150 cm³/mol. The summed E-state index contributed by atoms with van der Waals surface area (Å²) in [6.45, 7) is 0. The smallest absolute Gasteiger partial charge is 0.336 e.